The van der Waals surface area contributed by atoms with Crippen LogP contribution in [0.5, 0.6) is 0 Å². The van der Waals surface area contributed by atoms with E-state index in [0.29, 0.717) is 6.61 Å². The number of ether oxygens (including phenoxy) is 1. The van der Waals surface area contributed by atoms with Crippen LogP contribution in [-0.4, -0.2) is 31.0 Å². The van der Waals surface area contributed by atoms with Gasteiger partial charge in [-0.25, -0.2) is 0 Å². The Balaban J connectivity index is 4.76. The van der Waals surface area contributed by atoms with Gasteiger partial charge in [0.2, 0.25) is 0 Å². The summed E-state index contributed by atoms with van der Waals surface area (Å²) in [7, 11) is 0. The van der Waals surface area contributed by atoms with Gasteiger partial charge in [0.1, 0.15) is 0 Å². The number of rotatable bonds is 15. The van der Waals surface area contributed by atoms with Crippen LogP contribution in [0.15, 0.2) is 46.6 Å². The quantitative estimate of drug-likeness (QED) is 0.111. The third-order valence-corrected chi connectivity index (χ3v) is 18.7. The number of carbonyl (C=O) groups excluding carboxylic acids is 1. The van der Waals surface area contributed by atoms with Crippen molar-refractivity contribution in [2.45, 2.75) is 79.5 Å². The molecule has 26 heavy (non-hydrogen) atoms. The van der Waals surface area contributed by atoms with Crippen LogP contribution < -0.4 is 0 Å². The van der Waals surface area contributed by atoms with Gasteiger partial charge in [-0.15, -0.1) is 0 Å². The van der Waals surface area contributed by atoms with Gasteiger partial charge in [-0.2, -0.15) is 0 Å². The van der Waals surface area contributed by atoms with E-state index in [0.717, 1.165) is 0 Å². The van der Waals surface area contributed by atoms with E-state index in [4.69, 9.17) is 4.74 Å². The average Bonchev–Trinajstić information content (AvgIpc) is 2.64. The van der Waals surface area contributed by atoms with Gasteiger partial charge < -0.3 is 0 Å². The zero-order valence-corrected chi connectivity index (χ0v) is 20.4. The number of unbranched alkanes of at least 4 members (excludes halogenated alkanes) is 3. The molecule has 0 aromatic heterocycles. The van der Waals surface area contributed by atoms with E-state index in [2.05, 4.69) is 37.0 Å². The van der Waals surface area contributed by atoms with Crippen LogP contribution in [-0.2, 0) is 9.53 Å². The van der Waals surface area contributed by atoms with Crippen molar-refractivity contribution in [2.75, 3.05) is 6.61 Å². The standard InChI is InChI=1S/C11H13O2.3C4H9.Sn/c1-3-5-6-7-8-9-10-11(12)13-4-2;3*1-3-4-2;/h1,3,5-10H,4H2,2H3;3*1,3-4H2,2H3;/b3-1?,6-5+,8-7+,10-9+;;;;. The number of allylic oxidation sites excluding steroid dienone is 6. The van der Waals surface area contributed by atoms with E-state index < -0.39 is 18.4 Å². The second kappa shape index (κ2) is 17.6. The molecule has 0 N–H and O–H groups in total. The molecule has 0 aliphatic heterocycles. The second-order valence-corrected chi connectivity index (χ2v) is 19.9. The number of esters is 1. The summed E-state index contributed by atoms with van der Waals surface area (Å²) >= 11 is -2.13. The molecule has 0 aromatic rings. The second-order valence-electron chi connectivity index (χ2n) is 6.91. The van der Waals surface area contributed by atoms with Crippen LogP contribution in [0, 0.1) is 0 Å². The maximum atomic E-state index is 11.2. The van der Waals surface area contributed by atoms with Crippen LogP contribution in [0.2, 0.25) is 13.3 Å². The van der Waals surface area contributed by atoms with E-state index in [-0.39, 0.29) is 5.97 Å². The molecule has 0 saturated heterocycles. The van der Waals surface area contributed by atoms with Crippen LogP contribution in [0.3, 0.4) is 0 Å². The van der Waals surface area contributed by atoms with Gasteiger partial charge in [-0.1, -0.05) is 0 Å². The summed E-state index contributed by atoms with van der Waals surface area (Å²) in [5.41, 5.74) is 0. The normalized spacial score (nSPS) is 12.9. The van der Waals surface area contributed by atoms with Gasteiger partial charge in [0.05, 0.1) is 0 Å². The molecule has 0 aliphatic rings. The minimum atomic E-state index is -2.13. The Bertz CT molecular complexity index is 439. The Kier molecular flexibility index (Phi) is 17.1. The molecule has 0 heterocycles. The summed E-state index contributed by atoms with van der Waals surface area (Å²) in [4.78, 5) is 11.2. The molecule has 0 unspecified atom stereocenters. The SMILES string of the molecule is CCC[CH2][Sn](/[CH]=C/C=C/C=C/C=C/C(=O)OCC)([CH2]CCC)[CH2]CCC. The Morgan fingerprint density at radius 1 is 0.731 bits per heavy atom. The average molecular weight is 467 g/mol. The first-order chi connectivity index (χ1) is 12.6. The van der Waals surface area contributed by atoms with Crippen LogP contribution in [0.4, 0.5) is 0 Å². The van der Waals surface area contributed by atoms with Crippen molar-refractivity contribution >= 4 is 24.3 Å². The van der Waals surface area contributed by atoms with Crippen LogP contribution in [0.25, 0.3) is 0 Å². The van der Waals surface area contributed by atoms with Gasteiger partial charge in [-0.3, -0.25) is 0 Å². The Hall–Kier alpha value is -0.771. The first-order valence-electron chi connectivity index (χ1n) is 10.5. The summed E-state index contributed by atoms with van der Waals surface area (Å²) < 4.78 is 12.0. The molecule has 148 valence electrons. The van der Waals surface area contributed by atoms with E-state index in [1.807, 2.05) is 25.2 Å². The number of hydrogen-bond acceptors (Lipinski definition) is 2. The minimum absolute atomic E-state index is 0.289. The topological polar surface area (TPSA) is 26.3 Å². The molecule has 0 aromatic carbocycles. The van der Waals surface area contributed by atoms with Crippen molar-refractivity contribution in [1.29, 1.82) is 0 Å². The molecule has 0 bridgehead atoms. The third-order valence-electron chi connectivity index (χ3n) is 4.61. The van der Waals surface area contributed by atoms with E-state index in [1.54, 1.807) is 6.08 Å². The Morgan fingerprint density at radius 3 is 1.65 bits per heavy atom. The predicted molar refractivity (Wildman–Crippen MR) is 118 cm³/mol. The fourth-order valence-electron chi connectivity index (χ4n) is 3.05. The molecule has 0 radical (unpaired) electrons. The van der Waals surface area contributed by atoms with Crippen LogP contribution >= 0.6 is 0 Å². The molecule has 0 amide bonds. The summed E-state index contributed by atoms with van der Waals surface area (Å²) in [6, 6.07) is 0. The fourth-order valence-corrected chi connectivity index (χ4v) is 17.2. The van der Waals surface area contributed by atoms with Gasteiger partial charge in [0.15, 0.2) is 0 Å². The number of hydrogen-bond donors (Lipinski definition) is 0. The zero-order valence-electron chi connectivity index (χ0n) is 17.5. The maximum absolute atomic E-state index is 11.2. The summed E-state index contributed by atoms with van der Waals surface area (Å²) in [6.45, 7) is 9.17. The van der Waals surface area contributed by atoms with Gasteiger partial charge in [-0.05, 0) is 0 Å². The summed E-state index contributed by atoms with van der Waals surface area (Å²) in [6.07, 6.45) is 21.6. The van der Waals surface area contributed by atoms with Gasteiger partial charge >= 0.3 is 167 Å². The molecule has 2 nitrogen and oxygen atoms in total. The molecule has 0 aliphatic carbocycles. The van der Waals surface area contributed by atoms with E-state index in [9.17, 15) is 4.79 Å². The molecule has 0 fully saturated rings. The Labute approximate surface area is 166 Å². The van der Waals surface area contributed by atoms with Crippen molar-refractivity contribution in [3.8, 4) is 0 Å². The first kappa shape index (κ1) is 25.2. The van der Waals surface area contributed by atoms with Crippen molar-refractivity contribution in [1.82, 2.24) is 0 Å². The third kappa shape index (κ3) is 13.4. The van der Waals surface area contributed by atoms with E-state index in [1.165, 1.54) is 57.9 Å². The Morgan fingerprint density at radius 2 is 1.19 bits per heavy atom. The summed E-state index contributed by atoms with van der Waals surface area (Å²) in [5.74, 6) is -0.289. The number of carbonyl (C=O) groups is 1. The zero-order chi connectivity index (χ0) is 19.5. The fraction of sp³-hybridized carbons (Fsp3) is 0.609. The molecule has 0 atom stereocenters. The van der Waals surface area contributed by atoms with Crippen LogP contribution in [0.1, 0.15) is 66.2 Å². The molecular weight excluding hydrogens is 427 g/mol. The summed E-state index contributed by atoms with van der Waals surface area (Å²) in [5, 5.41) is 0. The molecule has 3 heteroatoms. The van der Waals surface area contributed by atoms with Gasteiger partial charge in [0, 0.05) is 0 Å². The molecule has 0 rings (SSSR count). The van der Waals surface area contributed by atoms with E-state index >= 15 is 0 Å². The molecule has 0 saturated carbocycles. The predicted octanol–water partition coefficient (Wildman–Crippen LogP) is 7.16. The monoisotopic (exact) mass is 468 g/mol. The van der Waals surface area contributed by atoms with Crippen molar-refractivity contribution in [3.05, 3.63) is 46.6 Å². The van der Waals surface area contributed by atoms with Crippen molar-refractivity contribution in [3.63, 3.8) is 0 Å². The van der Waals surface area contributed by atoms with Crippen molar-refractivity contribution < 1.29 is 9.53 Å². The van der Waals surface area contributed by atoms with Gasteiger partial charge in [0.25, 0.3) is 0 Å². The molecule has 0 spiro atoms. The van der Waals surface area contributed by atoms with Crippen molar-refractivity contribution in [2.24, 2.45) is 0 Å². The first-order valence-corrected chi connectivity index (χ1v) is 18.2. The molecular formula is C23H40O2Sn.